The Morgan fingerprint density at radius 1 is 1.16 bits per heavy atom. The van der Waals surface area contributed by atoms with E-state index in [1.54, 1.807) is 30.3 Å². The lowest BCUT2D eigenvalue weighted by molar-refractivity contribution is -0.385. The predicted molar refractivity (Wildman–Crippen MR) is 68.7 cm³/mol. The number of benzene rings is 2. The van der Waals surface area contributed by atoms with Crippen LogP contribution in [-0.4, -0.2) is 15.9 Å². The molecule has 0 saturated heterocycles. The summed E-state index contributed by atoms with van der Waals surface area (Å²) < 4.78 is 0. The van der Waals surface area contributed by atoms with E-state index in [-0.39, 0.29) is 11.1 Å². The van der Waals surface area contributed by atoms with E-state index in [0.717, 1.165) is 6.07 Å². The minimum absolute atomic E-state index is 0.0364. The van der Waals surface area contributed by atoms with Crippen molar-refractivity contribution >= 4 is 11.6 Å². The Balaban J connectivity index is 2.78. The Labute approximate surface area is 108 Å². The third-order valence-corrected chi connectivity index (χ3v) is 2.68. The van der Waals surface area contributed by atoms with Crippen molar-refractivity contribution in [2.75, 3.05) is 0 Å². The normalized spacial score (nSPS) is 10.1. The fourth-order valence-electron chi connectivity index (χ4n) is 1.83. The SMILES string of the molecule is NC(=O)c1ccc([N+](=O)[O-])c(O)c1-c1ccccc1. The van der Waals surface area contributed by atoms with Gasteiger partial charge in [-0.1, -0.05) is 30.3 Å². The molecule has 96 valence electrons. The highest BCUT2D eigenvalue weighted by Crippen LogP contribution is 2.39. The van der Waals surface area contributed by atoms with Crippen molar-refractivity contribution in [2.45, 2.75) is 0 Å². The second-order valence-electron chi connectivity index (χ2n) is 3.84. The summed E-state index contributed by atoms with van der Waals surface area (Å²) in [6.07, 6.45) is 0. The van der Waals surface area contributed by atoms with Crippen molar-refractivity contribution in [3.63, 3.8) is 0 Å². The number of nitro groups is 1. The minimum atomic E-state index is -0.760. The lowest BCUT2D eigenvalue weighted by atomic mass is 9.97. The molecular weight excluding hydrogens is 248 g/mol. The van der Waals surface area contributed by atoms with Gasteiger partial charge in [0.2, 0.25) is 11.7 Å². The molecule has 2 aromatic rings. The van der Waals surface area contributed by atoms with Crippen LogP contribution in [0.2, 0.25) is 0 Å². The maximum atomic E-state index is 11.4. The van der Waals surface area contributed by atoms with Gasteiger partial charge in [-0.15, -0.1) is 0 Å². The van der Waals surface area contributed by atoms with Gasteiger partial charge >= 0.3 is 5.69 Å². The molecule has 0 bridgehead atoms. The monoisotopic (exact) mass is 258 g/mol. The number of phenols is 1. The summed E-state index contributed by atoms with van der Waals surface area (Å²) in [6, 6.07) is 10.7. The first kappa shape index (κ1) is 12.6. The maximum absolute atomic E-state index is 11.4. The van der Waals surface area contributed by atoms with Gasteiger partial charge in [0.15, 0.2) is 0 Å². The van der Waals surface area contributed by atoms with E-state index in [4.69, 9.17) is 5.73 Å². The van der Waals surface area contributed by atoms with Crippen LogP contribution in [0.1, 0.15) is 10.4 Å². The van der Waals surface area contributed by atoms with Crippen LogP contribution in [-0.2, 0) is 0 Å². The van der Waals surface area contributed by atoms with Crippen LogP contribution in [0.15, 0.2) is 42.5 Å². The molecule has 0 aromatic heterocycles. The number of aromatic hydroxyl groups is 1. The number of carbonyl (C=O) groups is 1. The van der Waals surface area contributed by atoms with Gasteiger partial charge in [0.25, 0.3) is 0 Å². The standard InChI is InChI=1S/C13H10N2O4/c14-13(17)9-6-7-10(15(18)19)12(16)11(9)8-4-2-1-3-5-8/h1-7,16H,(H2,14,17). The van der Waals surface area contributed by atoms with Crippen LogP contribution in [0.25, 0.3) is 11.1 Å². The molecule has 0 saturated carbocycles. The maximum Gasteiger partial charge on any atom is 0.311 e. The third-order valence-electron chi connectivity index (χ3n) is 2.68. The van der Waals surface area contributed by atoms with E-state index in [1.165, 1.54) is 6.07 Å². The smallest absolute Gasteiger partial charge is 0.311 e. The van der Waals surface area contributed by atoms with Crippen molar-refractivity contribution in [2.24, 2.45) is 5.73 Å². The summed E-state index contributed by atoms with van der Waals surface area (Å²) in [5.74, 6) is -1.32. The van der Waals surface area contributed by atoms with E-state index in [1.807, 2.05) is 0 Å². The Hall–Kier alpha value is -2.89. The molecule has 6 heteroatoms. The molecule has 2 aromatic carbocycles. The molecule has 0 radical (unpaired) electrons. The zero-order chi connectivity index (χ0) is 14.0. The quantitative estimate of drug-likeness (QED) is 0.649. The molecular formula is C13H10N2O4. The second kappa shape index (κ2) is 4.77. The molecule has 0 aliphatic heterocycles. The zero-order valence-corrected chi connectivity index (χ0v) is 9.74. The van der Waals surface area contributed by atoms with Crippen LogP contribution < -0.4 is 5.73 Å². The number of primary amides is 1. The number of rotatable bonds is 3. The molecule has 0 spiro atoms. The number of nitro benzene ring substituents is 1. The molecule has 0 atom stereocenters. The summed E-state index contributed by atoms with van der Waals surface area (Å²) >= 11 is 0. The van der Waals surface area contributed by atoms with E-state index >= 15 is 0 Å². The van der Waals surface area contributed by atoms with Crippen LogP contribution in [0.4, 0.5) is 5.69 Å². The van der Waals surface area contributed by atoms with Gasteiger partial charge in [0.1, 0.15) is 0 Å². The van der Waals surface area contributed by atoms with Crippen molar-refractivity contribution in [3.05, 3.63) is 58.1 Å². The predicted octanol–water partition coefficient (Wildman–Crippen LogP) is 2.07. The summed E-state index contributed by atoms with van der Waals surface area (Å²) in [6.45, 7) is 0. The number of hydrogen-bond acceptors (Lipinski definition) is 4. The summed E-state index contributed by atoms with van der Waals surface area (Å²) in [7, 11) is 0. The highest BCUT2D eigenvalue weighted by molar-refractivity contribution is 6.02. The number of carbonyl (C=O) groups excluding carboxylic acids is 1. The van der Waals surface area contributed by atoms with Crippen LogP contribution in [0, 0.1) is 10.1 Å². The van der Waals surface area contributed by atoms with Crippen LogP contribution >= 0.6 is 0 Å². The first-order valence-corrected chi connectivity index (χ1v) is 5.38. The molecule has 0 aliphatic rings. The van der Waals surface area contributed by atoms with Crippen molar-refractivity contribution < 1.29 is 14.8 Å². The first-order chi connectivity index (χ1) is 9.02. The Kier molecular flexibility index (Phi) is 3.15. The molecule has 0 heterocycles. The molecule has 0 aliphatic carbocycles. The number of nitrogens with two attached hydrogens (primary N) is 1. The first-order valence-electron chi connectivity index (χ1n) is 5.38. The van der Waals surface area contributed by atoms with Crippen molar-refractivity contribution in [1.29, 1.82) is 0 Å². The fourth-order valence-corrected chi connectivity index (χ4v) is 1.83. The second-order valence-corrected chi connectivity index (χ2v) is 3.84. The summed E-state index contributed by atoms with van der Waals surface area (Å²) in [5, 5.41) is 20.8. The highest BCUT2D eigenvalue weighted by atomic mass is 16.6. The number of hydrogen-bond donors (Lipinski definition) is 2. The summed E-state index contributed by atoms with van der Waals surface area (Å²) in [4.78, 5) is 21.5. The van der Waals surface area contributed by atoms with E-state index in [2.05, 4.69) is 0 Å². The van der Waals surface area contributed by atoms with E-state index in [9.17, 15) is 20.0 Å². The Bertz CT molecular complexity index is 653. The lowest BCUT2D eigenvalue weighted by Gasteiger charge is -2.09. The highest BCUT2D eigenvalue weighted by Gasteiger charge is 2.23. The van der Waals surface area contributed by atoms with Crippen molar-refractivity contribution in [3.8, 4) is 16.9 Å². The average molecular weight is 258 g/mol. The Morgan fingerprint density at radius 3 is 2.32 bits per heavy atom. The average Bonchev–Trinajstić information content (AvgIpc) is 2.38. The molecule has 0 unspecified atom stereocenters. The number of nitrogens with zero attached hydrogens (tertiary/aromatic N) is 1. The number of phenolic OH excluding ortho intramolecular Hbond substituents is 1. The number of amides is 1. The molecule has 2 rings (SSSR count). The van der Waals surface area contributed by atoms with Gasteiger partial charge in [0, 0.05) is 11.6 Å². The van der Waals surface area contributed by atoms with Crippen LogP contribution in [0.3, 0.4) is 0 Å². The van der Waals surface area contributed by atoms with Crippen LogP contribution in [0.5, 0.6) is 5.75 Å². The summed E-state index contributed by atoms with van der Waals surface area (Å²) in [5.41, 5.74) is 5.35. The topological polar surface area (TPSA) is 106 Å². The third kappa shape index (κ3) is 2.23. The van der Waals surface area contributed by atoms with Gasteiger partial charge in [0.05, 0.1) is 10.5 Å². The molecule has 19 heavy (non-hydrogen) atoms. The van der Waals surface area contributed by atoms with Gasteiger partial charge in [-0.05, 0) is 11.6 Å². The molecule has 0 fully saturated rings. The molecule has 1 amide bonds. The van der Waals surface area contributed by atoms with E-state index in [0.29, 0.717) is 5.56 Å². The largest absolute Gasteiger partial charge is 0.502 e. The fraction of sp³-hybridized carbons (Fsp3) is 0. The Morgan fingerprint density at radius 2 is 1.79 bits per heavy atom. The van der Waals surface area contributed by atoms with Gasteiger partial charge < -0.3 is 10.8 Å². The van der Waals surface area contributed by atoms with Gasteiger partial charge in [-0.3, -0.25) is 14.9 Å². The molecule has 3 N–H and O–H groups in total. The molecule has 6 nitrogen and oxygen atoms in total. The van der Waals surface area contributed by atoms with Gasteiger partial charge in [-0.2, -0.15) is 0 Å². The lowest BCUT2D eigenvalue weighted by Crippen LogP contribution is -2.12. The minimum Gasteiger partial charge on any atom is -0.502 e. The van der Waals surface area contributed by atoms with Crippen molar-refractivity contribution in [1.82, 2.24) is 0 Å². The van der Waals surface area contributed by atoms with Gasteiger partial charge in [-0.25, -0.2) is 0 Å². The van der Waals surface area contributed by atoms with E-state index < -0.39 is 22.3 Å². The zero-order valence-electron chi connectivity index (χ0n) is 9.74.